The molecule has 14 heavy (non-hydrogen) atoms. The van der Waals surface area contributed by atoms with Crippen molar-refractivity contribution in [3.8, 4) is 0 Å². The Bertz CT molecular complexity index is 333. The average molecular weight is 190 g/mol. The van der Waals surface area contributed by atoms with Gasteiger partial charge in [-0.15, -0.1) is 0 Å². The Hall–Kier alpha value is -1.02. The predicted molar refractivity (Wildman–Crippen MR) is 60.2 cm³/mol. The molecule has 0 spiro atoms. The standard InChI is InChI=1S/C12H18N2/c1-8-9(4-2-6-11(8)13)10-5-3-7-12(10)14/h2,4,6,10,12H,3,5,7,13-14H2,1H3. The van der Waals surface area contributed by atoms with Crippen LogP contribution in [0.5, 0.6) is 0 Å². The van der Waals surface area contributed by atoms with Gasteiger partial charge in [0.25, 0.3) is 0 Å². The Labute approximate surface area is 85.3 Å². The maximum Gasteiger partial charge on any atom is 0.0346 e. The van der Waals surface area contributed by atoms with Gasteiger partial charge in [0, 0.05) is 11.7 Å². The predicted octanol–water partition coefficient (Wildman–Crippen LogP) is 2.17. The highest BCUT2D eigenvalue weighted by atomic mass is 14.7. The molecule has 1 aliphatic carbocycles. The Kier molecular flexibility index (Phi) is 2.46. The summed E-state index contributed by atoms with van der Waals surface area (Å²) < 4.78 is 0. The third-order valence-corrected chi connectivity index (χ3v) is 3.39. The molecular weight excluding hydrogens is 172 g/mol. The van der Waals surface area contributed by atoms with Crippen molar-refractivity contribution < 1.29 is 0 Å². The lowest BCUT2D eigenvalue weighted by molar-refractivity contribution is 0.610. The zero-order chi connectivity index (χ0) is 10.1. The van der Waals surface area contributed by atoms with E-state index in [1.165, 1.54) is 24.0 Å². The van der Waals surface area contributed by atoms with E-state index in [0.29, 0.717) is 12.0 Å². The van der Waals surface area contributed by atoms with Crippen LogP contribution in [0.15, 0.2) is 18.2 Å². The Morgan fingerprint density at radius 1 is 1.29 bits per heavy atom. The van der Waals surface area contributed by atoms with E-state index in [1.807, 2.05) is 12.1 Å². The van der Waals surface area contributed by atoms with E-state index >= 15 is 0 Å². The van der Waals surface area contributed by atoms with Crippen LogP contribution < -0.4 is 11.5 Å². The molecule has 1 saturated carbocycles. The smallest absolute Gasteiger partial charge is 0.0346 e. The molecule has 0 bridgehead atoms. The van der Waals surface area contributed by atoms with Gasteiger partial charge in [-0.05, 0) is 42.9 Å². The SMILES string of the molecule is Cc1c(N)cccc1C1CCCC1N. The number of benzene rings is 1. The molecule has 76 valence electrons. The maximum absolute atomic E-state index is 6.09. The summed E-state index contributed by atoms with van der Waals surface area (Å²) in [6.07, 6.45) is 3.62. The number of anilines is 1. The van der Waals surface area contributed by atoms with E-state index < -0.39 is 0 Å². The quantitative estimate of drug-likeness (QED) is 0.667. The number of nitrogens with two attached hydrogens (primary N) is 2. The van der Waals surface area contributed by atoms with Crippen molar-refractivity contribution in [2.75, 3.05) is 5.73 Å². The van der Waals surface area contributed by atoms with E-state index in [0.717, 1.165) is 12.1 Å². The van der Waals surface area contributed by atoms with Crippen LogP contribution in [-0.4, -0.2) is 6.04 Å². The average Bonchev–Trinajstić information content (AvgIpc) is 2.57. The third-order valence-electron chi connectivity index (χ3n) is 3.39. The second-order valence-corrected chi connectivity index (χ2v) is 4.26. The fourth-order valence-corrected chi connectivity index (χ4v) is 2.45. The van der Waals surface area contributed by atoms with E-state index in [2.05, 4.69) is 13.0 Å². The van der Waals surface area contributed by atoms with Crippen molar-refractivity contribution in [2.24, 2.45) is 5.73 Å². The van der Waals surface area contributed by atoms with Gasteiger partial charge in [-0.1, -0.05) is 18.6 Å². The third kappa shape index (κ3) is 1.50. The summed E-state index contributed by atoms with van der Waals surface area (Å²) in [5.41, 5.74) is 15.4. The van der Waals surface area contributed by atoms with Crippen LogP contribution in [0.3, 0.4) is 0 Å². The monoisotopic (exact) mass is 190 g/mol. The molecule has 0 heterocycles. The van der Waals surface area contributed by atoms with E-state index in [1.54, 1.807) is 0 Å². The van der Waals surface area contributed by atoms with Crippen molar-refractivity contribution in [1.82, 2.24) is 0 Å². The van der Waals surface area contributed by atoms with Crippen LogP contribution >= 0.6 is 0 Å². The van der Waals surface area contributed by atoms with Crippen molar-refractivity contribution >= 4 is 5.69 Å². The summed E-state index contributed by atoms with van der Waals surface area (Å²) in [7, 11) is 0. The lowest BCUT2D eigenvalue weighted by Gasteiger charge is -2.19. The van der Waals surface area contributed by atoms with Gasteiger partial charge in [-0.25, -0.2) is 0 Å². The van der Waals surface area contributed by atoms with Crippen molar-refractivity contribution in [2.45, 2.75) is 38.1 Å². The highest BCUT2D eigenvalue weighted by Gasteiger charge is 2.26. The highest BCUT2D eigenvalue weighted by Crippen LogP contribution is 2.36. The molecule has 1 aliphatic rings. The van der Waals surface area contributed by atoms with Gasteiger partial charge in [-0.3, -0.25) is 0 Å². The minimum Gasteiger partial charge on any atom is -0.399 e. The van der Waals surface area contributed by atoms with Crippen LogP contribution in [0.4, 0.5) is 5.69 Å². The minimum absolute atomic E-state index is 0.329. The number of nitrogen functional groups attached to an aromatic ring is 1. The van der Waals surface area contributed by atoms with Crippen LogP contribution in [0.2, 0.25) is 0 Å². The Morgan fingerprint density at radius 3 is 2.71 bits per heavy atom. The molecule has 0 amide bonds. The van der Waals surface area contributed by atoms with Gasteiger partial charge in [-0.2, -0.15) is 0 Å². The second-order valence-electron chi connectivity index (χ2n) is 4.26. The summed E-state index contributed by atoms with van der Waals surface area (Å²) in [5, 5.41) is 0. The molecule has 0 aromatic heterocycles. The second kappa shape index (κ2) is 3.62. The first-order valence-electron chi connectivity index (χ1n) is 5.30. The molecule has 1 aromatic rings. The summed E-state index contributed by atoms with van der Waals surface area (Å²) >= 11 is 0. The number of hydrogen-bond acceptors (Lipinski definition) is 2. The van der Waals surface area contributed by atoms with Gasteiger partial charge in [0.05, 0.1) is 0 Å². The first kappa shape index (κ1) is 9.53. The summed E-state index contributed by atoms with van der Waals surface area (Å²) in [6, 6.07) is 6.49. The maximum atomic E-state index is 6.09. The molecule has 1 fully saturated rings. The Morgan fingerprint density at radius 2 is 2.07 bits per heavy atom. The van der Waals surface area contributed by atoms with Crippen LogP contribution in [-0.2, 0) is 0 Å². The summed E-state index contributed by atoms with van der Waals surface area (Å²) in [6.45, 7) is 2.09. The molecule has 2 nitrogen and oxygen atoms in total. The lowest BCUT2D eigenvalue weighted by atomic mass is 9.90. The lowest BCUT2D eigenvalue weighted by Crippen LogP contribution is -2.23. The van der Waals surface area contributed by atoms with E-state index in [4.69, 9.17) is 11.5 Å². The van der Waals surface area contributed by atoms with Gasteiger partial charge < -0.3 is 11.5 Å². The zero-order valence-corrected chi connectivity index (χ0v) is 8.66. The molecule has 0 radical (unpaired) electrons. The van der Waals surface area contributed by atoms with Gasteiger partial charge in [0.15, 0.2) is 0 Å². The summed E-state index contributed by atoms with van der Waals surface area (Å²) in [5.74, 6) is 0.526. The van der Waals surface area contributed by atoms with Crippen molar-refractivity contribution in [3.05, 3.63) is 29.3 Å². The fourth-order valence-electron chi connectivity index (χ4n) is 2.45. The number of rotatable bonds is 1. The normalized spacial score (nSPS) is 26.7. The van der Waals surface area contributed by atoms with Gasteiger partial charge in [0.1, 0.15) is 0 Å². The van der Waals surface area contributed by atoms with Gasteiger partial charge >= 0.3 is 0 Å². The molecule has 0 saturated heterocycles. The first-order valence-corrected chi connectivity index (χ1v) is 5.30. The van der Waals surface area contributed by atoms with Crippen molar-refractivity contribution in [3.63, 3.8) is 0 Å². The first-order chi connectivity index (χ1) is 6.70. The van der Waals surface area contributed by atoms with Crippen LogP contribution in [0.1, 0.15) is 36.3 Å². The highest BCUT2D eigenvalue weighted by molar-refractivity contribution is 5.51. The molecule has 2 rings (SSSR count). The van der Waals surface area contributed by atoms with Crippen LogP contribution in [0, 0.1) is 6.92 Å². The largest absolute Gasteiger partial charge is 0.399 e. The zero-order valence-electron chi connectivity index (χ0n) is 8.66. The van der Waals surface area contributed by atoms with E-state index in [9.17, 15) is 0 Å². The molecule has 4 N–H and O–H groups in total. The molecule has 2 atom stereocenters. The van der Waals surface area contributed by atoms with Crippen molar-refractivity contribution in [1.29, 1.82) is 0 Å². The molecule has 1 aromatic carbocycles. The minimum atomic E-state index is 0.329. The molecular formula is C12H18N2. The van der Waals surface area contributed by atoms with Gasteiger partial charge in [0.2, 0.25) is 0 Å². The fraction of sp³-hybridized carbons (Fsp3) is 0.500. The Balaban J connectivity index is 2.36. The topological polar surface area (TPSA) is 52.0 Å². The van der Waals surface area contributed by atoms with E-state index in [-0.39, 0.29) is 0 Å². The molecule has 2 unspecified atom stereocenters. The van der Waals surface area contributed by atoms with Crippen LogP contribution in [0.25, 0.3) is 0 Å². The molecule has 0 aliphatic heterocycles. The molecule has 2 heteroatoms. The summed E-state index contributed by atoms with van der Waals surface area (Å²) in [4.78, 5) is 0. The number of hydrogen-bond donors (Lipinski definition) is 2.